The van der Waals surface area contributed by atoms with E-state index in [9.17, 15) is 4.79 Å². The summed E-state index contributed by atoms with van der Waals surface area (Å²) in [6.45, 7) is 2.52. The van der Waals surface area contributed by atoms with Gasteiger partial charge in [-0.1, -0.05) is 6.42 Å². The van der Waals surface area contributed by atoms with Crippen LogP contribution in [0, 0.1) is 0 Å². The van der Waals surface area contributed by atoms with Gasteiger partial charge in [0.1, 0.15) is 0 Å². The van der Waals surface area contributed by atoms with Gasteiger partial charge in [0.15, 0.2) is 0 Å². The summed E-state index contributed by atoms with van der Waals surface area (Å²) < 4.78 is 0.869. The summed E-state index contributed by atoms with van der Waals surface area (Å²) in [5.74, 6) is 0.933. The molecule has 2 rings (SSSR count). The second-order valence-corrected chi connectivity index (χ2v) is 5.61. The topological polar surface area (TPSA) is 58.1 Å². The molecule has 1 aliphatic heterocycles. The lowest BCUT2D eigenvalue weighted by Crippen LogP contribution is -2.32. The predicted molar refractivity (Wildman–Crippen MR) is 77.9 cm³/mol. The molecular formula is C13H19BrN4O. The highest BCUT2D eigenvalue weighted by Gasteiger charge is 2.15. The fraction of sp³-hybridized carbons (Fsp3) is 0.615. The van der Waals surface area contributed by atoms with Crippen molar-refractivity contribution in [1.82, 2.24) is 14.9 Å². The summed E-state index contributed by atoms with van der Waals surface area (Å²) in [4.78, 5) is 22.1. The molecule has 0 bridgehead atoms. The number of anilines is 1. The first-order chi connectivity index (χ1) is 9.25. The van der Waals surface area contributed by atoms with Crippen LogP contribution in [0.4, 0.5) is 5.95 Å². The van der Waals surface area contributed by atoms with Gasteiger partial charge < -0.3 is 10.2 Å². The summed E-state index contributed by atoms with van der Waals surface area (Å²) in [5, 5.41) is 3.16. The molecule has 0 aliphatic carbocycles. The zero-order chi connectivity index (χ0) is 13.5. The van der Waals surface area contributed by atoms with Gasteiger partial charge in [0.25, 0.3) is 0 Å². The van der Waals surface area contributed by atoms with Gasteiger partial charge >= 0.3 is 0 Å². The second-order valence-electron chi connectivity index (χ2n) is 4.70. The second kappa shape index (κ2) is 7.43. The van der Waals surface area contributed by atoms with Crippen molar-refractivity contribution in [3.05, 3.63) is 16.9 Å². The van der Waals surface area contributed by atoms with Crippen molar-refractivity contribution < 1.29 is 4.79 Å². The Morgan fingerprint density at radius 1 is 1.26 bits per heavy atom. The maximum Gasteiger partial charge on any atom is 0.222 e. The minimum Gasteiger partial charge on any atom is -0.354 e. The molecule has 0 unspecified atom stereocenters. The largest absolute Gasteiger partial charge is 0.354 e. The minimum absolute atomic E-state index is 0.303. The highest BCUT2D eigenvalue weighted by Crippen LogP contribution is 2.11. The van der Waals surface area contributed by atoms with E-state index in [1.807, 2.05) is 4.90 Å². The third-order valence-corrected chi connectivity index (χ3v) is 3.59. The number of carbonyl (C=O) groups excluding carboxylic acids is 1. The normalized spacial score (nSPS) is 16.3. The van der Waals surface area contributed by atoms with E-state index in [1.165, 1.54) is 6.42 Å². The van der Waals surface area contributed by atoms with Crippen molar-refractivity contribution in [2.45, 2.75) is 32.1 Å². The first-order valence-electron chi connectivity index (χ1n) is 6.75. The Morgan fingerprint density at radius 2 is 2.05 bits per heavy atom. The number of nitrogens with one attached hydrogen (secondary N) is 1. The monoisotopic (exact) mass is 326 g/mol. The van der Waals surface area contributed by atoms with Crippen LogP contribution in [0.1, 0.15) is 32.1 Å². The van der Waals surface area contributed by atoms with Crippen molar-refractivity contribution in [3.8, 4) is 0 Å². The van der Waals surface area contributed by atoms with Gasteiger partial charge in [-0.05, 0) is 35.2 Å². The fourth-order valence-corrected chi connectivity index (χ4v) is 2.35. The van der Waals surface area contributed by atoms with Crippen molar-refractivity contribution in [1.29, 1.82) is 0 Å². The molecule has 5 nitrogen and oxygen atoms in total. The third kappa shape index (κ3) is 4.78. The Hall–Kier alpha value is -1.17. The number of hydrogen-bond acceptors (Lipinski definition) is 4. The van der Waals surface area contributed by atoms with Gasteiger partial charge in [-0.2, -0.15) is 0 Å². The van der Waals surface area contributed by atoms with E-state index in [0.717, 1.165) is 43.4 Å². The maximum absolute atomic E-state index is 11.8. The summed E-state index contributed by atoms with van der Waals surface area (Å²) in [7, 11) is 0. The predicted octanol–water partition coefficient (Wildman–Crippen LogP) is 2.44. The van der Waals surface area contributed by atoms with E-state index in [2.05, 4.69) is 31.2 Å². The Labute approximate surface area is 121 Å². The SMILES string of the molecule is O=C1CCCCCN1CCCNc1ncc(Br)cn1. The van der Waals surface area contributed by atoms with Crippen LogP contribution in [0.15, 0.2) is 16.9 Å². The minimum atomic E-state index is 0.303. The molecule has 1 aromatic heterocycles. The molecule has 1 amide bonds. The highest BCUT2D eigenvalue weighted by molar-refractivity contribution is 9.10. The number of hydrogen-bond donors (Lipinski definition) is 1. The smallest absolute Gasteiger partial charge is 0.222 e. The number of carbonyl (C=O) groups is 1. The lowest BCUT2D eigenvalue weighted by Gasteiger charge is -2.20. The van der Waals surface area contributed by atoms with Crippen LogP contribution >= 0.6 is 15.9 Å². The van der Waals surface area contributed by atoms with Crippen LogP contribution in [0.5, 0.6) is 0 Å². The molecule has 1 saturated heterocycles. The first-order valence-corrected chi connectivity index (χ1v) is 7.54. The number of likely N-dealkylation sites (tertiary alicyclic amines) is 1. The molecule has 1 N–H and O–H groups in total. The molecule has 0 radical (unpaired) electrons. The van der Waals surface area contributed by atoms with E-state index in [1.54, 1.807) is 12.4 Å². The summed E-state index contributed by atoms with van der Waals surface area (Å²) in [5.41, 5.74) is 0. The zero-order valence-corrected chi connectivity index (χ0v) is 12.5. The van der Waals surface area contributed by atoms with E-state index >= 15 is 0 Å². The number of aromatic nitrogens is 2. The third-order valence-electron chi connectivity index (χ3n) is 3.18. The quantitative estimate of drug-likeness (QED) is 0.844. The number of rotatable bonds is 5. The Kier molecular flexibility index (Phi) is 5.57. The molecule has 104 valence electrons. The van der Waals surface area contributed by atoms with Crippen LogP contribution in [0.25, 0.3) is 0 Å². The van der Waals surface area contributed by atoms with E-state index < -0.39 is 0 Å². The summed E-state index contributed by atoms with van der Waals surface area (Å²) in [6, 6.07) is 0. The van der Waals surface area contributed by atoms with Crippen LogP contribution in [0.2, 0.25) is 0 Å². The van der Waals surface area contributed by atoms with Crippen LogP contribution < -0.4 is 5.32 Å². The van der Waals surface area contributed by atoms with Gasteiger partial charge in [-0.15, -0.1) is 0 Å². The molecule has 0 atom stereocenters. The molecule has 6 heteroatoms. The van der Waals surface area contributed by atoms with Crippen molar-refractivity contribution >= 4 is 27.8 Å². The number of halogens is 1. The van der Waals surface area contributed by atoms with Crippen LogP contribution in [-0.2, 0) is 4.79 Å². The molecule has 0 saturated carbocycles. The molecule has 19 heavy (non-hydrogen) atoms. The Balaban J connectivity index is 1.68. The molecule has 0 aromatic carbocycles. The van der Waals surface area contributed by atoms with Crippen LogP contribution in [-0.4, -0.2) is 40.4 Å². The molecule has 0 spiro atoms. The van der Waals surface area contributed by atoms with Gasteiger partial charge in [-0.25, -0.2) is 9.97 Å². The molecule has 1 fully saturated rings. The zero-order valence-electron chi connectivity index (χ0n) is 10.9. The van der Waals surface area contributed by atoms with E-state index in [-0.39, 0.29) is 0 Å². The molecule has 1 aromatic rings. The lowest BCUT2D eigenvalue weighted by molar-refractivity contribution is -0.130. The maximum atomic E-state index is 11.8. The van der Waals surface area contributed by atoms with Gasteiger partial charge in [-0.3, -0.25) is 4.79 Å². The Bertz CT molecular complexity index is 410. The average Bonchev–Trinajstić information content (AvgIpc) is 2.62. The first kappa shape index (κ1) is 14.2. The van der Waals surface area contributed by atoms with Crippen LogP contribution in [0.3, 0.4) is 0 Å². The average molecular weight is 327 g/mol. The Morgan fingerprint density at radius 3 is 2.84 bits per heavy atom. The molecule has 1 aliphatic rings. The fourth-order valence-electron chi connectivity index (χ4n) is 2.15. The summed E-state index contributed by atoms with van der Waals surface area (Å²) >= 11 is 3.30. The number of nitrogens with zero attached hydrogens (tertiary/aromatic N) is 3. The molecule has 2 heterocycles. The van der Waals surface area contributed by atoms with E-state index in [0.29, 0.717) is 18.3 Å². The highest BCUT2D eigenvalue weighted by atomic mass is 79.9. The molecular weight excluding hydrogens is 308 g/mol. The van der Waals surface area contributed by atoms with Gasteiger partial charge in [0.05, 0.1) is 4.47 Å². The lowest BCUT2D eigenvalue weighted by atomic mass is 10.2. The van der Waals surface area contributed by atoms with E-state index in [4.69, 9.17) is 0 Å². The van der Waals surface area contributed by atoms with Gasteiger partial charge in [0, 0.05) is 38.4 Å². The van der Waals surface area contributed by atoms with Crippen molar-refractivity contribution in [2.24, 2.45) is 0 Å². The standard InChI is InChI=1S/C13H19BrN4O/c14-11-9-16-13(17-10-11)15-6-4-8-18-7-3-1-2-5-12(18)19/h9-10H,1-8H2,(H,15,16,17). The van der Waals surface area contributed by atoms with Crippen molar-refractivity contribution in [3.63, 3.8) is 0 Å². The summed E-state index contributed by atoms with van der Waals surface area (Å²) in [6.07, 6.45) is 8.41. The van der Waals surface area contributed by atoms with Gasteiger partial charge in [0.2, 0.25) is 11.9 Å². The number of amides is 1. The van der Waals surface area contributed by atoms with Crippen molar-refractivity contribution in [2.75, 3.05) is 25.0 Å².